The number of carboxylic acids is 1. The van der Waals surface area contributed by atoms with Crippen LogP contribution in [0.4, 0.5) is 5.69 Å². The number of hydrogen-bond acceptors (Lipinski definition) is 4. The van der Waals surface area contributed by atoms with E-state index in [0.29, 0.717) is 4.47 Å². The number of aliphatic carboxylic acids is 1. The number of carbonyl (C=O) groups excluding carboxylic acids is 1. The topological polar surface area (TPSA) is 110 Å². The molecule has 0 heterocycles. The van der Waals surface area contributed by atoms with E-state index in [1.165, 1.54) is 18.2 Å². The van der Waals surface area contributed by atoms with Gasteiger partial charge in [0, 0.05) is 23.0 Å². The normalized spacial score (nSPS) is 11.7. The minimum absolute atomic E-state index is 0.0552. The molecule has 0 aromatic heterocycles. The van der Waals surface area contributed by atoms with Gasteiger partial charge in [0.05, 0.1) is 4.92 Å². The smallest absolute Gasteiger partial charge is 0.303 e. The third kappa shape index (κ3) is 4.61. The lowest BCUT2D eigenvalue weighted by atomic mass is 10.1. The van der Waals surface area contributed by atoms with Gasteiger partial charge < -0.3 is 10.4 Å². The van der Waals surface area contributed by atoms with Gasteiger partial charge in [-0.25, -0.2) is 0 Å². The lowest BCUT2D eigenvalue weighted by molar-refractivity contribution is -0.385. The van der Waals surface area contributed by atoms with Crippen LogP contribution in [0.1, 0.15) is 30.1 Å². The van der Waals surface area contributed by atoms with Crippen LogP contribution >= 0.6 is 15.9 Å². The number of nitrogens with one attached hydrogen (secondary N) is 1. The molecule has 20 heavy (non-hydrogen) atoms. The Labute approximate surface area is 123 Å². The maximum atomic E-state index is 12.0. The Kier molecular flexibility index (Phi) is 5.63. The minimum Gasteiger partial charge on any atom is -0.481 e. The van der Waals surface area contributed by atoms with Gasteiger partial charge in [-0.3, -0.25) is 19.7 Å². The average molecular weight is 345 g/mol. The first-order valence-electron chi connectivity index (χ1n) is 5.78. The second kappa shape index (κ2) is 6.99. The van der Waals surface area contributed by atoms with E-state index in [1.807, 2.05) is 0 Å². The number of halogens is 1. The van der Waals surface area contributed by atoms with E-state index in [0.717, 1.165) is 0 Å². The molecule has 2 N–H and O–H groups in total. The van der Waals surface area contributed by atoms with Gasteiger partial charge in [-0.15, -0.1) is 0 Å². The molecule has 0 saturated heterocycles. The second-order valence-corrected chi connectivity index (χ2v) is 5.14. The summed E-state index contributed by atoms with van der Waals surface area (Å²) in [6, 6.07) is 3.74. The number of nitro groups is 1. The lowest BCUT2D eigenvalue weighted by Gasteiger charge is -2.12. The number of hydrogen-bond donors (Lipinski definition) is 2. The monoisotopic (exact) mass is 344 g/mol. The molecule has 0 aliphatic rings. The largest absolute Gasteiger partial charge is 0.481 e. The van der Waals surface area contributed by atoms with E-state index in [9.17, 15) is 19.7 Å². The zero-order chi connectivity index (χ0) is 15.3. The molecule has 1 atom stereocenters. The molecule has 0 radical (unpaired) electrons. The van der Waals surface area contributed by atoms with Gasteiger partial charge in [0.1, 0.15) is 5.56 Å². The summed E-state index contributed by atoms with van der Waals surface area (Å²) in [4.78, 5) is 32.7. The Bertz CT molecular complexity index is 547. The molecule has 108 valence electrons. The highest BCUT2D eigenvalue weighted by atomic mass is 79.9. The van der Waals surface area contributed by atoms with Gasteiger partial charge >= 0.3 is 5.97 Å². The van der Waals surface area contributed by atoms with Crippen molar-refractivity contribution < 1.29 is 19.6 Å². The molecular weight excluding hydrogens is 332 g/mol. The van der Waals surface area contributed by atoms with Crippen molar-refractivity contribution >= 4 is 33.5 Å². The number of carboxylic acid groups (broad SMARTS) is 1. The van der Waals surface area contributed by atoms with E-state index in [1.54, 1.807) is 6.92 Å². The van der Waals surface area contributed by atoms with Crippen LogP contribution in [0.5, 0.6) is 0 Å². The van der Waals surface area contributed by atoms with Crippen LogP contribution in [0.3, 0.4) is 0 Å². The number of nitrogens with zero attached hydrogens (tertiary/aromatic N) is 1. The summed E-state index contributed by atoms with van der Waals surface area (Å²) in [6.07, 6.45) is 0.176. The summed E-state index contributed by atoms with van der Waals surface area (Å²) in [5.74, 6) is -1.55. The summed E-state index contributed by atoms with van der Waals surface area (Å²) in [5, 5.41) is 22.0. The van der Waals surface area contributed by atoms with Gasteiger partial charge in [-0.2, -0.15) is 0 Å². The van der Waals surface area contributed by atoms with Crippen molar-refractivity contribution in [1.29, 1.82) is 0 Å². The molecular formula is C12H13BrN2O5. The van der Waals surface area contributed by atoms with Crippen molar-refractivity contribution in [1.82, 2.24) is 5.32 Å². The van der Waals surface area contributed by atoms with Crippen molar-refractivity contribution in [2.24, 2.45) is 0 Å². The van der Waals surface area contributed by atoms with Crippen LogP contribution in [0.25, 0.3) is 0 Å². The summed E-state index contributed by atoms with van der Waals surface area (Å²) in [7, 11) is 0. The molecule has 1 rings (SSSR count). The highest BCUT2D eigenvalue weighted by Crippen LogP contribution is 2.23. The Morgan fingerprint density at radius 1 is 1.50 bits per heavy atom. The summed E-state index contributed by atoms with van der Waals surface area (Å²) in [6.45, 7) is 1.64. The molecule has 1 aromatic carbocycles. The predicted octanol–water partition coefficient (Wildman–Crippen LogP) is 2.34. The van der Waals surface area contributed by atoms with Crippen LogP contribution in [-0.2, 0) is 4.79 Å². The van der Waals surface area contributed by atoms with Gasteiger partial charge in [-0.05, 0) is 25.5 Å². The zero-order valence-electron chi connectivity index (χ0n) is 10.6. The number of amides is 1. The molecule has 1 unspecified atom stereocenters. The Hall–Kier alpha value is -1.96. The number of nitro benzene ring substituents is 1. The van der Waals surface area contributed by atoms with E-state index in [4.69, 9.17) is 5.11 Å². The van der Waals surface area contributed by atoms with Crippen molar-refractivity contribution in [2.45, 2.75) is 25.8 Å². The first-order chi connectivity index (χ1) is 9.31. The van der Waals surface area contributed by atoms with E-state index in [-0.39, 0.29) is 30.1 Å². The van der Waals surface area contributed by atoms with Crippen LogP contribution in [0, 0.1) is 10.1 Å². The molecule has 0 fully saturated rings. The standard InChI is InChI=1S/C12H13BrN2O5/c1-7(2-5-11(16)17)14-12(18)9-4-3-8(13)6-10(9)15(19)20/h3-4,6-7H,2,5H2,1H3,(H,14,18)(H,16,17). The fourth-order valence-corrected chi connectivity index (χ4v) is 1.91. The first-order valence-corrected chi connectivity index (χ1v) is 6.57. The number of benzene rings is 1. The molecule has 7 nitrogen and oxygen atoms in total. The second-order valence-electron chi connectivity index (χ2n) is 4.23. The van der Waals surface area contributed by atoms with Gasteiger partial charge in [0.15, 0.2) is 0 Å². The molecule has 1 aromatic rings. The Morgan fingerprint density at radius 2 is 2.15 bits per heavy atom. The van der Waals surface area contributed by atoms with Crippen LogP contribution < -0.4 is 5.32 Å². The minimum atomic E-state index is -0.958. The number of carbonyl (C=O) groups is 2. The fourth-order valence-electron chi connectivity index (χ4n) is 1.56. The quantitative estimate of drug-likeness (QED) is 0.607. The summed E-state index contributed by atoms with van der Waals surface area (Å²) < 4.78 is 0.500. The molecule has 0 spiro atoms. The van der Waals surface area contributed by atoms with Gasteiger partial charge in [0.25, 0.3) is 11.6 Å². The molecule has 0 aliphatic carbocycles. The first kappa shape index (κ1) is 16.1. The third-order valence-electron chi connectivity index (χ3n) is 2.57. The Morgan fingerprint density at radius 3 is 2.70 bits per heavy atom. The van der Waals surface area contributed by atoms with Crippen LogP contribution in [0.15, 0.2) is 22.7 Å². The number of rotatable bonds is 6. The maximum absolute atomic E-state index is 12.0. The molecule has 0 saturated carbocycles. The molecule has 8 heteroatoms. The maximum Gasteiger partial charge on any atom is 0.303 e. The lowest BCUT2D eigenvalue weighted by Crippen LogP contribution is -2.33. The van der Waals surface area contributed by atoms with Gasteiger partial charge in [0.2, 0.25) is 0 Å². The zero-order valence-corrected chi connectivity index (χ0v) is 12.2. The van der Waals surface area contributed by atoms with E-state index >= 15 is 0 Å². The van der Waals surface area contributed by atoms with Crippen molar-refractivity contribution in [3.05, 3.63) is 38.3 Å². The third-order valence-corrected chi connectivity index (χ3v) is 3.06. The van der Waals surface area contributed by atoms with Crippen LogP contribution in [-0.4, -0.2) is 27.9 Å². The summed E-state index contributed by atoms with van der Waals surface area (Å²) >= 11 is 3.10. The van der Waals surface area contributed by atoms with Crippen molar-refractivity contribution in [3.8, 4) is 0 Å². The molecule has 0 bridgehead atoms. The Balaban J connectivity index is 2.82. The highest BCUT2D eigenvalue weighted by Gasteiger charge is 2.21. The average Bonchev–Trinajstić information content (AvgIpc) is 2.35. The van der Waals surface area contributed by atoms with Crippen LogP contribution in [0.2, 0.25) is 0 Å². The van der Waals surface area contributed by atoms with Crippen molar-refractivity contribution in [3.63, 3.8) is 0 Å². The fraction of sp³-hybridized carbons (Fsp3) is 0.333. The highest BCUT2D eigenvalue weighted by molar-refractivity contribution is 9.10. The van der Waals surface area contributed by atoms with Crippen molar-refractivity contribution in [2.75, 3.05) is 0 Å². The molecule has 0 aliphatic heterocycles. The van der Waals surface area contributed by atoms with E-state index in [2.05, 4.69) is 21.2 Å². The molecule has 1 amide bonds. The summed E-state index contributed by atoms with van der Waals surface area (Å²) in [5.41, 5.74) is -0.359. The predicted molar refractivity (Wildman–Crippen MR) is 74.6 cm³/mol. The van der Waals surface area contributed by atoms with Gasteiger partial charge in [-0.1, -0.05) is 15.9 Å². The SMILES string of the molecule is CC(CCC(=O)O)NC(=O)c1ccc(Br)cc1[N+](=O)[O-]. The van der Waals surface area contributed by atoms with E-state index < -0.39 is 16.8 Å².